The number of carbonyl (C=O) groups excluding carboxylic acids is 1. The summed E-state index contributed by atoms with van der Waals surface area (Å²) < 4.78 is 5.10. The number of nitrogens with two attached hydrogens (primary N) is 1. The van der Waals surface area contributed by atoms with Crippen molar-refractivity contribution in [2.24, 2.45) is 0 Å². The van der Waals surface area contributed by atoms with Gasteiger partial charge in [0.1, 0.15) is 12.0 Å². The quantitative estimate of drug-likeness (QED) is 0.283. The Labute approximate surface area is 151 Å². The van der Waals surface area contributed by atoms with Gasteiger partial charge >= 0.3 is 6.09 Å². The van der Waals surface area contributed by atoms with Gasteiger partial charge in [-0.3, -0.25) is 0 Å². The fourth-order valence-corrected chi connectivity index (χ4v) is 2.34. The Morgan fingerprint density at radius 2 is 2.04 bits per heavy atom. The molecule has 0 aliphatic heterocycles. The molecule has 126 valence electrons. The lowest BCUT2D eigenvalue weighted by molar-refractivity contribution is 0.140. The van der Waals surface area contributed by atoms with Crippen LogP contribution < -0.4 is 11.1 Å². The van der Waals surface area contributed by atoms with Crippen molar-refractivity contribution in [3.8, 4) is 17.2 Å². The molecule has 5 nitrogen and oxygen atoms in total. The number of benzene rings is 2. The maximum absolute atomic E-state index is 11.6. The fourth-order valence-electron chi connectivity index (χ4n) is 1.92. The standard InChI is InChI=1S/C19H17N3O2S/c20-14-25-17-9-10-18(21)16(12-17)8-4-5-11-22-19(23)24-13-15-6-2-1-3-7-15/h1-3,6-7,9-10,12H,5,11,13,21H2,(H,22,23). The first kappa shape index (κ1) is 18.3. The van der Waals surface area contributed by atoms with Crippen LogP contribution in [-0.2, 0) is 11.3 Å². The molecule has 1 amide bonds. The van der Waals surface area contributed by atoms with Crippen molar-refractivity contribution in [3.63, 3.8) is 0 Å². The van der Waals surface area contributed by atoms with Crippen molar-refractivity contribution < 1.29 is 9.53 Å². The molecule has 25 heavy (non-hydrogen) atoms. The van der Waals surface area contributed by atoms with Gasteiger partial charge in [0, 0.05) is 29.1 Å². The molecule has 0 spiro atoms. The van der Waals surface area contributed by atoms with Gasteiger partial charge < -0.3 is 15.8 Å². The smallest absolute Gasteiger partial charge is 0.407 e. The normalized spacial score (nSPS) is 9.40. The number of amides is 1. The summed E-state index contributed by atoms with van der Waals surface area (Å²) in [7, 11) is 0. The zero-order valence-corrected chi connectivity index (χ0v) is 14.3. The molecule has 6 heteroatoms. The molecule has 0 aromatic heterocycles. The molecule has 0 aliphatic rings. The van der Waals surface area contributed by atoms with Crippen molar-refractivity contribution in [1.82, 2.24) is 5.32 Å². The summed E-state index contributed by atoms with van der Waals surface area (Å²) in [5, 5.41) is 13.3. The van der Waals surface area contributed by atoms with E-state index in [2.05, 4.69) is 17.2 Å². The minimum Gasteiger partial charge on any atom is -0.445 e. The second-order valence-corrected chi connectivity index (χ2v) is 5.84. The van der Waals surface area contributed by atoms with E-state index in [1.54, 1.807) is 18.2 Å². The largest absolute Gasteiger partial charge is 0.445 e. The van der Waals surface area contributed by atoms with Crippen LogP contribution in [0.3, 0.4) is 0 Å². The molecule has 0 saturated carbocycles. The maximum Gasteiger partial charge on any atom is 0.407 e. The van der Waals surface area contributed by atoms with Crippen LogP contribution in [0.4, 0.5) is 10.5 Å². The predicted octanol–water partition coefficient (Wildman–Crippen LogP) is 3.51. The maximum atomic E-state index is 11.6. The highest BCUT2D eigenvalue weighted by atomic mass is 32.2. The van der Waals surface area contributed by atoms with E-state index in [1.165, 1.54) is 0 Å². The van der Waals surface area contributed by atoms with Crippen molar-refractivity contribution in [2.45, 2.75) is 17.9 Å². The topological polar surface area (TPSA) is 88.1 Å². The summed E-state index contributed by atoms with van der Waals surface area (Å²) in [6, 6.07) is 14.7. The van der Waals surface area contributed by atoms with E-state index in [0.717, 1.165) is 22.2 Å². The van der Waals surface area contributed by atoms with Gasteiger partial charge in [-0.1, -0.05) is 42.2 Å². The average Bonchev–Trinajstić information content (AvgIpc) is 2.63. The van der Waals surface area contributed by atoms with Gasteiger partial charge in [0.25, 0.3) is 0 Å². The number of anilines is 1. The van der Waals surface area contributed by atoms with E-state index in [1.807, 2.05) is 35.7 Å². The van der Waals surface area contributed by atoms with Crippen LogP contribution in [0, 0.1) is 22.5 Å². The average molecular weight is 351 g/mol. The molecule has 3 N–H and O–H groups in total. The fraction of sp³-hybridized carbons (Fsp3) is 0.158. The number of nitrogen functional groups attached to an aromatic ring is 1. The van der Waals surface area contributed by atoms with Gasteiger partial charge in [-0.2, -0.15) is 5.26 Å². The molecule has 2 aromatic carbocycles. The number of alkyl carbamates (subject to hydrolysis) is 1. The summed E-state index contributed by atoms with van der Waals surface area (Å²) in [5.41, 5.74) is 8.03. The Hall–Kier alpha value is -3.09. The number of ether oxygens (including phenoxy) is 1. The summed E-state index contributed by atoms with van der Waals surface area (Å²) in [6.07, 6.45) is -0.00670. The predicted molar refractivity (Wildman–Crippen MR) is 98.4 cm³/mol. The van der Waals surface area contributed by atoms with E-state index in [-0.39, 0.29) is 6.61 Å². The lowest BCUT2D eigenvalue weighted by Crippen LogP contribution is -2.24. The van der Waals surface area contributed by atoms with Gasteiger partial charge in [-0.05, 0) is 35.5 Å². The third-order valence-electron chi connectivity index (χ3n) is 3.14. The van der Waals surface area contributed by atoms with Crippen LogP contribution in [0.1, 0.15) is 17.5 Å². The number of hydrogen-bond acceptors (Lipinski definition) is 5. The summed E-state index contributed by atoms with van der Waals surface area (Å²) in [5.74, 6) is 5.90. The van der Waals surface area contributed by atoms with E-state index in [4.69, 9.17) is 15.7 Å². The van der Waals surface area contributed by atoms with Gasteiger partial charge in [0.15, 0.2) is 0 Å². The summed E-state index contributed by atoms with van der Waals surface area (Å²) >= 11 is 1.06. The van der Waals surface area contributed by atoms with Crippen LogP contribution in [0.5, 0.6) is 0 Å². The van der Waals surface area contributed by atoms with Gasteiger partial charge in [0.2, 0.25) is 0 Å². The number of rotatable bonds is 5. The Bertz CT molecular complexity index is 820. The molecule has 0 atom stereocenters. The molecule has 2 rings (SSSR count). The van der Waals surface area contributed by atoms with Gasteiger partial charge in [-0.25, -0.2) is 4.79 Å². The monoisotopic (exact) mass is 351 g/mol. The zero-order valence-electron chi connectivity index (χ0n) is 13.5. The minimum atomic E-state index is -0.474. The third kappa shape index (κ3) is 6.50. The van der Waals surface area contributed by atoms with Crippen molar-refractivity contribution in [3.05, 3.63) is 59.7 Å². The van der Waals surface area contributed by atoms with Crippen molar-refractivity contribution in [2.75, 3.05) is 12.3 Å². The number of nitrogens with zero attached hydrogens (tertiary/aromatic N) is 1. The molecule has 0 aliphatic carbocycles. The van der Waals surface area contributed by atoms with Crippen LogP contribution in [0.25, 0.3) is 0 Å². The Kier molecular flexibility index (Phi) is 7.24. The molecule has 0 bridgehead atoms. The highest BCUT2D eigenvalue weighted by molar-refractivity contribution is 8.03. The highest BCUT2D eigenvalue weighted by Gasteiger charge is 2.01. The molecule has 0 unspecified atom stereocenters. The van der Waals surface area contributed by atoms with E-state index >= 15 is 0 Å². The summed E-state index contributed by atoms with van der Waals surface area (Å²) in [4.78, 5) is 12.4. The Morgan fingerprint density at radius 1 is 1.24 bits per heavy atom. The zero-order chi connectivity index (χ0) is 17.9. The molecule has 0 saturated heterocycles. The van der Waals surface area contributed by atoms with Crippen LogP contribution in [0.2, 0.25) is 0 Å². The molecular weight excluding hydrogens is 334 g/mol. The lowest BCUT2D eigenvalue weighted by Gasteiger charge is -2.05. The number of thiocyanates is 1. The third-order valence-corrected chi connectivity index (χ3v) is 3.72. The number of thioether (sulfide) groups is 1. The second kappa shape index (κ2) is 9.92. The molecule has 0 radical (unpaired) electrons. The highest BCUT2D eigenvalue weighted by Crippen LogP contribution is 2.21. The number of nitrogens with one attached hydrogen (secondary N) is 1. The molecule has 0 heterocycles. The van der Waals surface area contributed by atoms with Crippen LogP contribution in [0.15, 0.2) is 53.4 Å². The number of carbonyl (C=O) groups is 1. The van der Waals surface area contributed by atoms with Crippen molar-refractivity contribution >= 4 is 23.5 Å². The first-order valence-electron chi connectivity index (χ1n) is 7.58. The minimum absolute atomic E-state index is 0.234. The Morgan fingerprint density at radius 3 is 2.80 bits per heavy atom. The second-order valence-electron chi connectivity index (χ2n) is 4.98. The van der Waals surface area contributed by atoms with Crippen molar-refractivity contribution in [1.29, 1.82) is 5.26 Å². The molecule has 0 fully saturated rings. The SMILES string of the molecule is N#CSc1ccc(N)c(C#CCCNC(=O)OCc2ccccc2)c1. The van der Waals surface area contributed by atoms with Gasteiger partial charge in [-0.15, -0.1) is 0 Å². The first-order chi connectivity index (χ1) is 12.2. The van der Waals surface area contributed by atoms with E-state index < -0.39 is 6.09 Å². The molecular formula is C19H17N3O2S. The van der Waals surface area contributed by atoms with E-state index in [9.17, 15) is 4.79 Å². The summed E-state index contributed by atoms with van der Waals surface area (Å²) in [6.45, 7) is 0.616. The van der Waals surface area contributed by atoms with Gasteiger partial charge in [0.05, 0.1) is 0 Å². The molecule has 2 aromatic rings. The van der Waals surface area contributed by atoms with Crippen LogP contribution >= 0.6 is 11.8 Å². The van der Waals surface area contributed by atoms with E-state index in [0.29, 0.717) is 24.2 Å². The number of hydrogen-bond donors (Lipinski definition) is 2. The lowest BCUT2D eigenvalue weighted by atomic mass is 10.2. The Balaban J connectivity index is 1.74. The van der Waals surface area contributed by atoms with Crippen LogP contribution in [-0.4, -0.2) is 12.6 Å². The first-order valence-corrected chi connectivity index (χ1v) is 8.39. The number of nitriles is 1.